The molecule has 2 unspecified atom stereocenters. The van der Waals surface area contributed by atoms with Crippen molar-refractivity contribution in [2.75, 3.05) is 18.8 Å². The van der Waals surface area contributed by atoms with Crippen molar-refractivity contribution in [3.63, 3.8) is 0 Å². The second-order valence-electron chi connectivity index (χ2n) is 9.28. The lowest BCUT2D eigenvalue weighted by atomic mass is 9.90. The molecule has 3 fully saturated rings. The number of amides is 2. The quantitative estimate of drug-likeness (QED) is 0.729. The van der Waals surface area contributed by atoms with Gasteiger partial charge in [-0.15, -0.1) is 0 Å². The molecule has 27 heavy (non-hydrogen) atoms. The average Bonchev–Trinajstić information content (AvgIpc) is 3.01. The highest BCUT2D eigenvalue weighted by Crippen LogP contribution is 2.40. The zero-order valence-electron chi connectivity index (χ0n) is 16.9. The van der Waals surface area contributed by atoms with E-state index >= 15 is 0 Å². The molecule has 0 N–H and O–H groups in total. The van der Waals surface area contributed by atoms with E-state index in [1.807, 2.05) is 30.6 Å². The molecule has 7 heteroatoms. The van der Waals surface area contributed by atoms with Gasteiger partial charge in [-0.25, -0.2) is 4.79 Å². The van der Waals surface area contributed by atoms with Crippen molar-refractivity contribution in [2.24, 2.45) is 11.8 Å². The minimum absolute atomic E-state index is 0.118. The first-order valence-electron chi connectivity index (χ1n) is 10.0. The molecule has 0 aromatic rings. The van der Waals surface area contributed by atoms with Crippen LogP contribution in [0.15, 0.2) is 0 Å². The molecule has 3 aliphatic heterocycles. The lowest BCUT2D eigenvalue weighted by molar-refractivity contribution is -0.128. The normalized spacial score (nSPS) is 30.7. The van der Waals surface area contributed by atoms with Gasteiger partial charge in [-0.05, 0) is 58.3 Å². The molecule has 4 atom stereocenters. The standard InChI is InChI=1S/C20H32N2O4S/c1-13(23)27-12-15-9-18(24)21(11-15)10-14-7-16-5-6-17(8-14)22(16)19(25)26-20(2,3)4/h14-17H,5-12H2,1-4H3/t14?,15?,16-,17+. The third kappa shape index (κ3) is 5.18. The van der Waals surface area contributed by atoms with Crippen LogP contribution in [0.3, 0.4) is 0 Å². The van der Waals surface area contributed by atoms with E-state index < -0.39 is 5.60 Å². The highest BCUT2D eigenvalue weighted by Gasteiger charge is 2.45. The lowest BCUT2D eigenvalue weighted by Gasteiger charge is -2.40. The second-order valence-corrected chi connectivity index (χ2v) is 10.5. The number of likely N-dealkylation sites (tertiary alicyclic amines) is 1. The van der Waals surface area contributed by atoms with E-state index in [-0.39, 0.29) is 35.1 Å². The molecule has 2 bridgehead atoms. The second kappa shape index (κ2) is 8.02. The van der Waals surface area contributed by atoms with Crippen LogP contribution in [0.2, 0.25) is 0 Å². The molecule has 0 aromatic heterocycles. The first-order valence-corrected chi connectivity index (χ1v) is 11.0. The number of thioether (sulfide) groups is 1. The van der Waals surface area contributed by atoms with Gasteiger partial charge in [0.05, 0.1) is 0 Å². The van der Waals surface area contributed by atoms with Gasteiger partial charge in [0.25, 0.3) is 0 Å². The Morgan fingerprint density at radius 1 is 1.15 bits per heavy atom. The zero-order valence-corrected chi connectivity index (χ0v) is 17.7. The number of hydrogen-bond donors (Lipinski definition) is 0. The number of carbonyl (C=O) groups excluding carboxylic acids is 3. The molecule has 0 saturated carbocycles. The van der Waals surface area contributed by atoms with Crippen molar-refractivity contribution in [1.82, 2.24) is 9.80 Å². The van der Waals surface area contributed by atoms with Crippen LogP contribution in [0.1, 0.15) is 59.8 Å². The maximum Gasteiger partial charge on any atom is 0.410 e. The van der Waals surface area contributed by atoms with E-state index in [9.17, 15) is 14.4 Å². The average molecular weight is 397 g/mol. The maximum absolute atomic E-state index is 12.6. The Morgan fingerprint density at radius 3 is 2.33 bits per heavy atom. The van der Waals surface area contributed by atoms with Gasteiger partial charge in [-0.1, -0.05) is 11.8 Å². The summed E-state index contributed by atoms with van der Waals surface area (Å²) in [5.41, 5.74) is -0.470. The minimum atomic E-state index is -0.470. The predicted octanol–water partition coefficient (Wildman–Crippen LogP) is 3.29. The molecule has 0 spiro atoms. The van der Waals surface area contributed by atoms with Gasteiger partial charge in [-0.3, -0.25) is 9.59 Å². The summed E-state index contributed by atoms with van der Waals surface area (Å²) in [5, 5.41) is 0.118. The minimum Gasteiger partial charge on any atom is -0.444 e. The van der Waals surface area contributed by atoms with Crippen LogP contribution in [0.25, 0.3) is 0 Å². The van der Waals surface area contributed by atoms with E-state index in [4.69, 9.17) is 4.74 Å². The van der Waals surface area contributed by atoms with Crippen LogP contribution >= 0.6 is 11.8 Å². The first kappa shape index (κ1) is 20.5. The summed E-state index contributed by atoms with van der Waals surface area (Å²) in [6, 6.07) is 0.482. The largest absolute Gasteiger partial charge is 0.444 e. The van der Waals surface area contributed by atoms with Crippen LogP contribution in [-0.4, -0.2) is 63.4 Å². The van der Waals surface area contributed by atoms with Crippen LogP contribution in [0.5, 0.6) is 0 Å². The molecule has 2 amide bonds. The molecule has 3 heterocycles. The maximum atomic E-state index is 12.6. The summed E-state index contributed by atoms with van der Waals surface area (Å²) in [5.74, 6) is 1.68. The number of piperidine rings is 1. The topological polar surface area (TPSA) is 66.9 Å². The number of rotatable bonds is 4. The SMILES string of the molecule is CC(=O)SCC1CC(=O)N(CC2C[C@H]3CC[C@@H](C2)N3C(=O)OC(C)(C)C)C1. The molecular formula is C20H32N2O4S. The summed E-state index contributed by atoms with van der Waals surface area (Å²) in [6.07, 6.45) is 4.34. The molecule has 6 nitrogen and oxygen atoms in total. The van der Waals surface area contributed by atoms with Crippen molar-refractivity contribution in [1.29, 1.82) is 0 Å². The first-order chi connectivity index (χ1) is 12.6. The Bertz CT molecular complexity index is 589. The van der Waals surface area contributed by atoms with Crippen molar-refractivity contribution >= 4 is 28.9 Å². The fraction of sp³-hybridized carbons (Fsp3) is 0.850. The third-order valence-corrected chi connectivity index (χ3v) is 6.78. The number of ether oxygens (including phenoxy) is 1. The summed E-state index contributed by atoms with van der Waals surface area (Å²) >= 11 is 1.32. The van der Waals surface area contributed by atoms with E-state index in [0.717, 1.165) is 44.5 Å². The molecular weight excluding hydrogens is 364 g/mol. The number of fused-ring (bicyclic) bond motifs is 2. The Hall–Kier alpha value is -1.24. The molecule has 3 aliphatic rings. The Balaban J connectivity index is 1.52. The smallest absolute Gasteiger partial charge is 0.410 e. The van der Waals surface area contributed by atoms with Crippen molar-refractivity contribution in [3.8, 4) is 0 Å². The Morgan fingerprint density at radius 2 is 1.78 bits per heavy atom. The highest BCUT2D eigenvalue weighted by molar-refractivity contribution is 8.13. The lowest BCUT2D eigenvalue weighted by Crippen LogP contribution is -2.50. The highest BCUT2D eigenvalue weighted by atomic mass is 32.2. The molecule has 0 radical (unpaired) electrons. The molecule has 0 aromatic carbocycles. The van der Waals surface area contributed by atoms with Crippen LogP contribution < -0.4 is 0 Å². The number of carbonyl (C=O) groups is 3. The van der Waals surface area contributed by atoms with Gasteiger partial charge < -0.3 is 14.5 Å². The van der Waals surface area contributed by atoms with Gasteiger partial charge in [0.2, 0.25) is 5.91 Å². The Kier molecular flexibility index (Phi) is 6.08. The van der Waals surface area contributed by atoms with Crippen molar-refractivity contribution < 1.29 is 19.1 Å². The van der Waals surface area contributed by atoms with Gasteiger partial charge in [0.1, 0.15) is 5.60 Å². The summed E-state index contributed by atoms with van der Waals surface area (Å²) < 4.78 is 5.60. The Labute approximate surface area is 166 Å². The van der Waals surface area contributed by atoms with E-state index in [1.165, 1.54) is 11.8 Å². The summed E-state index contributed by atoms with van der Waals surface area (Å²) in [4.78, 5) is 40.0. The van der Waals surface area contributed by atoms with Crippen molar-refractivity contribution in [3.05, 3.63) is 0 Å². The van der Waals surface area contributed by atoms with Crippen LogP contribution in [-0.2, 0) is 14.3 Å². The molecule has 3 rings (SSSR count). The van der Waals surface area contributed by atoms with Gasteiger partial charge >= 0.3 is 6.09 Å². The van der Waals surface area contributed by atoms with Crippen LogP contribution in [0.4, 0.5) is 4.79 Å². The monoisotopic (exact) mass is 396 g/mol. The number of nitrogens with zero attached hydrogens (tertiary/aromatic N) is 2. The van der Waals surface area contributed by atoms with E-state index in [2.05, 4.69) is 0 Å². The number of hydrogen-bond acceptors (Lipinski definition) is 5. The molecule has 0 aliphatic carbocycles. The molecule has 152 valence electrons. The van der Waals surface area contributed by atoms with E-state index in [0.29, 0.717) is 12.3 Å². The fourth-order valence-corrected chi connectivity index (χ4v) is 5.43. The van der Waals surface area contributed by atoms with Crippen molar-refractivity contribution in [2.45, 2.75) is 77.5 Å². The molecule has 3 saturated heterocycles. The summed E-state index contributed by atoms with van der Waals surface area (Å²) in [7, 11) is 0. The predicted molar refractivity (Wildman–Crippen MR) is 105 cm³/mol. The van der Waals surface area contributed by atoms with Gasteiger partial charge in [0, 0.05) is 44.3 Å². The van der Waals surface area contributed by atoms with Gasteiger partial charge in [-0.2, -0.15) is 0 Å². The van der Waals surface area contributed by atoms with Crippen LogP contribution in [0, 0.1) is 11.8 Å². The third-order valence-electron chi connectivity index (χ3n) is 5.73. The van der Waals surface area contributed by atoms with Gasteiger partial charge in [0.15, 0.2) is 5.12 Å². The zero-order chi connectivity index (χ0) is 19.8. The summed E-state index contributed by atoms with van der Waals surface area (Å²) in [6.45, 7) is 8.83. The fourth-order valence-electron chi connectivity index (χ4n) is 4.74. The van der Waals surface area contributed by atoms with E-state index in [1.54, 1.807) is 6.92 Å².